The first-order valence-corrected chi connectivity index (χ1v) is 5.83. The summed E-state index contributed by atoms with van der Waals surface area (Å²) >= 11 is 0. The molecule has 0 saturated heterocycles. The molecule has 0 bridgehead atoms. The average molecular weight is 229 g/mol. The Balaban J connectivity index is 2.37. The Morgan fingerprint density at radius 1 is 1.24 bits per heavy atom. The van der Waals surface area contributed by atoms with E-state index in [-0.39, 0.29) is 0 Å². The summed E-state index contributed by atoms with van der Waals surface area (Å²) in [6.07, 6.45) is 0.852. The molecule has 0 aliphatic heterocycles. The number of nitrogens with two attached hydrogens (primary N) is 1. The molecule has 1 heterocycles. The molecule has 90 valence electrons. The summed E-state index contributed by atoms with van der Waals surface area (Å²) in [6.45, 7) is 6.31. The summed E-state index contributed by atoms with van der Waals surface area (Å²) in [4.78, 5) is 4.42. The van der Waals surface area contributed by atoms with Gasteiger partial charge in [-0.15, -0.1) is 0 Å². The fraction of sp³-hybridized carbons (Fsp3) is 0.357. The van der Waals surface area contributed by atoms with Crippen LogP contribution < -0.4 is 5.73 Å². The van der Waals surface area contributed by atoms with Crippen LogP contribution in [0.3, 0.4) is 0 Å². The number of aryl methyl sites for hydroxylation is 2. The predicted molar refractivity (Wildman–Crippen MR) is 71.1 cm³/mol. The number of nitrogens with zero attached hydrogens (tertiary/aromatic N) is 2. The molecule has 0 amide bonds. The minimum Gasteiger partial charge on any atom is -0.369 e. The van der Waals surface area contributed by atoms with Crippen LogP contribution in [0.15, 0.2) is 18.2 Å². The highest BCUT2D eigenvalue weighted by atomic mass is 15.1. The zero-order valence-corrected chi connectivity index (χ0v) is 10.9. The van der Waals surface area contributed by atoms with Gasteiger partial charge >= 0.3 is 0 Å². The molecule has 0 aliphatic rings. The minimum absolute atomic E-state index is 0.586. The Morgan fingerprint density at radius 3 is 2.53 bits per heavy atom. The summed E-state index contributed by atoms with van der Waals surface area (Å²) < 4.78 is 1.93. The van der Waals surface area contributed by atoms with Crippen molar-refractivity contribution < 1.29 is 0 Å². The number of hydrogen-bond acceptors (Lipinski definition) is 2. The quantitative estimate of drug-likeness (QED) is 0.860. The van der Waals surface area contributed by atoms with Gasteiger partial charge in [-0.25, -0.2) is 4.98 Å². The first-order valence-electron chi connectivity index (χ1n) is 5.83. The topological polar surface area (TPSA) is 43.8 Å². The van der Waals surface area contributed by atoms with E-state index in [2.05, 4.69) is 44.0 Å². The second-order valence-electron chi connectivity index (χ2n) is 4.67. The lowest BCUT2D eigenvalue weighted by Gasteiger charge is -2.06. The van der Waals surface area contributed by atoms with E-state index in [4.69, 9.17) is 5.73 Å². The van der Waals surface area contributed by atoms with Crippen molar-refractivity contribution in [3.63, 3.8) is 0 Å². The van der Waals surface area contributed by atoms with Crippen LogP contribution in [0.2, 0.25) is 0 Å². The van der Waals surface area contributed by atoms with Gasteiger partial charge in [0, 0.05) is 19.2 Å². The lowest BCUT2D eigenvalue weighted by molar-refractivity contribution is 0.881. The number of nitrogen functional groups attached to an aromatic ring is 1. The van der Waals surface area contributed by atoms with Crippen molar-refractivity contribution in [2.75, 3.05) is 5.73 Å². The highest BCUT2D eigenvalue weighted by molar-refractivity contribution is 5.37. The molecule has 1 aromatic heterocycles. The molecule has 0 atom stereocenters. The van der Waals surface area contributed by atoms with Crippen molar-refractivity contribution in [3.05, 3.63) is 46.3 Å². The van der Waals surface area contributed by atoms with Gasteiger partial charge < -0.3 is 10.3 Å². The van der Waals surface area contributed by atoms with Gasteiger partial charge in [-0.3, -0.25) is 0 Å². The van der Waals surface area contributed by atoms with Crippen molar-refractivity contribution in [1.82, 2.24) is 9.55 Å². The van der Waals surface area contributed by atoms with Gasteiger partial charge in [0.1, 0.15) is 0 Å². The van der Waals surface area contributed by atoms with E-state index < -0.39 is 0 Å². The Labute approximate surface area is 102 Å². The van der Waals surface area contributed by atoms with Crippen molar-refractivity contribution in [2.24, 2.45) is 7.05 Å². The first-order chi connectivity index (χ1) is 7.99. The van der Waals surface area contributed by atoms with Crippen LogP contribution in [0.4, 0.5) is 5.95 Å². The molecule has 0 radical (unpaired) electrons. The normalized spacial score (nSPS) is 10.8. The fourth-order valence-corrected chi connectivity index (χ4v) is 2.00. The molecule has 0 spiro atoms. The maximum Gasteiger partial charge on any atom is 0.200 e. The van der Waals surface area contributed by atoms with Gasteiger partial charge in [-0.2, -0.15) is 0 Å². The third-order valence-electron chi connectivity index (χ3n) is 3.38. The van der Waals surface area contributed by atoms with Crippen LogP contribution >= 0.6 is 0 Å². The van der Waals surface area contributed by atoms with Crippen LogP contribution in [0, 0.1) is 20.8 Å². The maximum atomic E-state index is 5.81. The number of imidazole rings is 1. The third kappa shape index (κ3) is 2.18. The van der Waals surface area contributed by atoms with E-state index in [9.17, 15) is 0 Å². The molecule has 0 aliphatic carbocycles. The van der Waals surface area contributed by atoms with Crippen LogP contribution in [0.25, 0.3) is 0 Å². The molecule has 2 aromatic rings. The number of anilines is 1. The van der Waals surface area contributed by atoms with E-state index in [0.29, 0.717) is 5.95 Å². The molecule has 3 nitrogen and oxygen atoms in total. The van der Waals surface area contributed by atoms with Gasteiger partial charge in [-0.1, -0.05) is 23.8 Å². The molecule has 0 saturated carbocycles. The van der Waals surface area contributed by atoms with E-state index in [1.165, 1.54) is 16.7 Å². The van der Waals surface area contributed by atoms with Crippen molar-refractivity contribution in [1.29, 1.82) is 0 Å². The van der Waals surface area contributed by atoms with Crippen LogP contribution in [-0.2, 0) is 13.5 Å². The van der Waals surface area contributed by atoms with Gasteiger partial charge in [0.05, 0.1) is 5.69 Å². The lowest BCUT2D eigenvalue weighted by Crippen LogP contribution is -1.98. The van der Waals surface area contributed by atoms with E-state index in [1.807, 2.05) is 11.6 Å². The average Bonchev–Trinajstić information content (AvgIpc) is 2.52. The largest absolute Gasteiger partial charge is 0.369 e. The van der Waals surface area contributed by atoms with Crippen molar-refractivity contribution in [2.45, 2.75) is 27.2 Å². The molecule has 2 N–H and O–H groups in total. The fourth-order valence-electron chi connectivity index (χ4n) is 2.00. The number of hydrogen-bond donors (Lipinski definition) is 1. The van der Waals surface area contributed by atoms with E-state index in [1.54, 1.807) is 0 Å². The Bertz CT molecular complexity index is 553. The second-order valence-corrected chi connectivity index (χ2v) is 4.67. The molecule has 0 unspecified atom stereocenters. The lowest BCUT2D eigenvalue weighted by atomic mass is 10.0. The summed E-state index contributed by atoms with van der Waals surface area (Å²) in [6, 6.07) is 6.52. The second kappa shape index (κ2) is 4.24. The van der Waals surface area contributed by atoms with E-state index >= 15 is 0 Å². The monoisotopic (exact) mass is 229 g/mol. The number of rotatable bonds is 2. The molecule has 17 heavy (non-hydrogen) atoms. The molecule has 3 heteroatoms. The summed E-state index contributed by atoms with van der Waals surface area (Å²) in [5.41, 5.74) is 11.9. The molecule has 1 aromatic carbocycles. The van der Waals surface area contributed by atoms with Crippen LogP contribution in [-0.4, -0.2) is 9.55 Å². The summed E-state index contributed by atoms with van der Waals surface area (Å²) in [5, 5.41) is 0. The SMILES string of the molecule is Cc1ccc(C)c(Cc2nc(N)n(C)c2C)c1. The third-order valence-corrected chi connectivity index (χ3v) is 3.38. The zero-order valence-electron chi connectivity index (χ0n) is 10.9. The highest BCUT2D eigenvalue weighted by Gasteiger charge is 2.10. The standard InChI is InChI=1S/C14H19N3/c1-9-5-6-10(2)12(7-9)8-13-11(3)17(4)14(15)16-13/h5-7H,8H2,1-4H3,(H2,15,16). The first kappa shape index (κ1) is 11.7. The Kier molecular flexibility index (Phi) is 2.92. The zero-order chi connectivity index (χ0) is 12.6. The highest BCUT2D eigenvalue weighted by Crippen LogP contribution is 2.18. The van der Waals surface area contributed by atoms with Gasteiger partial charge in [0.15, 0.2) is 5.95 Å². The van der Waals surface area contributed by atoms with Crippen LogP contribution in [0.5, 0.6) is 0 Å². The van der Waals surface area contributed by atoms with Gasteiger partial charge in [-0.05, 0) is 31.9 Å². The number of aromatic nitrogens is 2. The minimum atomic E-state index is 0.586. The summed E-state index contributed by atoms with van der Waals surface area (Å²) in [5.74, 6) is 0.586. The molecule has 2 rings (SSSR count). The molecular formula is C14H19N3. The maximum absolute atomic E-state index is 5.81. The van der Waals surface area contributed by atoms with Crippen molar-refractivity contribution in [3.8, 4) is 0 Å². The van der Waals surface area contributed by atoms with Gasteiger partial charge in [0.2, 0.25) is 0 Å². The van der Waals surface area contributed by atoms with Gasteiger partial charge in [0.25, 0.3) is 0 Å². The molecule has 0 fully saturated rings. The van der Waals surface area contributed by atoms with Crippen molar-refractivity contribution >= 4 is 5.95 Å². The van der Waals surface area contributed by atoms with Crippen LogP contribution in [0.1, 0.15) is 28.1 Å². The number of benzene rings is 1. The predicted octanol–water partition coefficient (Wildman–Crippen LogP) is 2.52. The smallest absolute Gasteiger partial charge is 0.200 e. The summed E-state index contributed by atoms with van der Waals surface area (Å²) in [7, 11) is 1.95. The molecular weight excluding hydrogens is 210 g/mol. The Morgan fingerprint density at radius 2 is 1.94 bits per heavy atom. The Hall–Kier alpha value is -1.77. The van der Waals surface area contributed by atoms with E-state index in [0.717, 1.165) is 17.8 Å².